The molecule has 6 atom stereocenters. The fourth-order valence-corrected chi connectivity index (χ4v) is 12.6. The third-order valence-electron chi connectivity index (χ3n) is 16.5. The van der Waals surface area contributed by atoms with Gasteiger partial charge in [0.2, 0.25) is 0 Å². The number of hydrogen-bond acceptors (Lipinski definition) is 7. The molecular weight excluding hydrogens is 1000 g/mol. The topological polar surface area (TPSA) is 73.6 Å². The number of phenols is 3. The van der Waals surface area contributed by atoms with Crippen LogP contribution < -0.4 is 19.6 Å². The first-order valence-corrected chi connectivity index (χ1v) is 29.4. The smallest absolute Gasteiger partial charge is 0.125 e. The summed E-state index contributed by atoms with van der Waals surface area (Å²) in [6.07, 6.45) is 2.81. The molecule has 76 heavy (non-hydrogen) atoms. The van der Waals surface area contributed by atoms with Gasteiger partial charge in [-0.2, -0.15) is 0 Å². The Morgan fingerprint density at radius 3 is 1.12 bits per heavy atom. The molecule has 0 radical (unpaired) electrons. The molecule has 0 aromatic heterocycles. The van der Waals surface area contributed by atoms with Crippen LogP contribution in [0.3, 0.4) is 0 Å². The molecule has 0 aliphatic carbocycles. The Morgan fingerprint density at radius 2 is 0.803 bits per heavy atom. The van der Waals surface area contributed by atoms with Gasteiger partial charge in [0.05, 0.1) is 0 Å². The standard InChI is InChI=1S/C23H32ClNO.C22H30ClNO.C21H29ClN2O/c1-8-18(24)17-13-25(23(5,6)7)19-12-20(26)15-10-9-14(22(2,3)4)11-16(15)21(17)19;1-7-18(23)17-12-24(22(4,5)6)19-11-20(25)15-9-8-14(13(2)3)10-16(15)21(17)19;1-7-17(22)16-12-24(21(2,3)4)18-11-19(25)14-9-8-13(23(5)6)10-15(14)20(16)18/h9-12,17-18,26H,8,13H2,1-7H3;8-11,13,17-18,25H,7,12H2,1-6H3;8-11,16-17,25H,7,12H2,1-6H3/t2*17-,18+;16-,17+/m000/s1. The second-order valence-corrected chi connectivity index (χ2v) is 28.2. The van der Waals surface area contributed by atoms with Gasteiger partial charge in [-0.1, -0.05) is 91.8 Å². The predicted molar refractivity (Wildman–Crippen MR) is 333 cm³/mol. The molecule has 0 fully saturated rings. The Labute approximate surface area is 472 Å². The second kappa shape index (κ2) is 22.0. The predicted octanol–water partition coefficient (Wildman–Crippen LogP) is 18.3. The molecule has 6 aromatic rings. The fraction of sp³-hybridized carbons (Fsp3) is 0.545. The van der Waals surface area contributed by atoms with Gasteiger partial charge in [0.25, 0.3) is 0 Å². The van der Waals surface area contributed by atoms with Crippen LogP contribution in [-0.2, 0) is 5.41 Å². The molecule has 0 saturated heterocycles. The summed E-state index contributed by atoms with van der Waals surface area (Å²) in [5.41, 5.74) is 11.0. The summed E-state index contributed by atoms with van der Waals surface area (Å²) in [5.74, 6) is 2.34. The van der Waals surface area contributed by atoms with E-state index in [0.29, 0.717) is 23.2 Å². The first-order chi connectivity index (χ1) is 35.2. The minimum absolute atomic E-state index is 0.0103. The van der Waals surface area contributed by atoms with Crippen LogP contribution in [0.5, 0.6) is 17.2 Å². The molecule has 0 unspecified atom stereocenters. The first kappa shape index (κ1) is 59.2. The molecule has 0 spiro atoms. The van der Waals surface area contributed by atoms with Gasteiger partial charge in [-0.05, 0) is 155 Å². The van der Waals surface area contributed by atoms with E-state index >= 15 is 0 Å². The summed E-state index contributed by atoms with van der Waals surface area (Å²) in [7, 11) is 4.08. The van der Waals surface area contributed by atoms with Crippen LogP contribution in [0, 0.1) is 0 Å². The molecule has 6 aromatic carbocycles. The van der Waals surface area contributed by atoms with Crippen LogP contribution in [0.15, 0.2) is 72.8 Å². The SMILES string of the molecule is CC[C@@H](Cl)[C@@H]1CN(C(C)(C)C)c2cc(O)c3ccc(C(C)(C)C)cc3c21.CC[C@@H](Cl)[C@@H]1CN(C(C)(C)C)c2cc(O)c3ccc(C(C)C)cc3c21.CC[C@@H](Cl)[C@@H]1CN(C(C)(C)C)c2cc(O)c3ccc(N(C)C)cc3c21. The quantitative estimate of drug-likeness (QED) is 0.131. The van der Waals surface area contributed by atoms with Crippen molar-refractivity contribution in [3.63, 3.8) is 0 Å². The van der Waals surface area contributed by atoms with Crippen LogP contribution in [-0.4, -0.2) is 81.8 Å². The maximum atomic E-state index is 10.7. The minimum atomic E-state index is -0.0207. The van der Waals surface area contributed by atoms with E-state index in [2.05, 4.69) is 186 Å². The lowest BCUT2D eigenvalue weighted by atomic mass is 9.83. The van der Waals surface area contributed by atoms with E-state index in [-0.39, 0.29) is 55.9 Å². The van der Waals surface area contributed by atoms with Gasteiger partial charge < -0.3 is 34.9 Å². The zero-order chi connectivity index (χ0) is 56.5. The van der Waals surface area contributed by atoms with E-state index in [4.69, 9.17) is 34.8 Å². The van der Waals surface area contributed by atoms with E-state index in [9.17, 15) is 15.3 Å². The lowest BCUT2D eigenvalue weighted by Crippen LogP contribution is -2.41. The molecule has 0 amide bonds. The molecule has 3 aliphatic rings. The van der Waals surface area contributed by atoms with Gasteiger partial charge >= 0.3 is 0 Å². The Hall–Kier alpha value is -4.43. The van der Waals surface area contributed by atoms with Crippen molar-refractivity contribution >= 4 is 89.9 Å². The van der Waals surface area contributed by atoms with Gasteiger partial charge in [-0.3, -0.25) is 0 Å². The van der Waals surface area contributed by atoms with Gasteiger partial charge in [0.15, 0.2) is 0 Å². The number of anilines is 4. The lowest BCUT2D eigenvalue weighted by Gasteiger charge is -2.35. The van der Waals surface area contributed by atoms with E-state index in [0.717, 1.165) is 94.0 Å². The largest absolute Gasteiger partial charge is 0.507 e. The van der Waals surface area contributed by atoms with Crippen LogP contribution in [0.1, 0.15) is 188 Å². The molecule has 0 saturated carbocycles. The van der Waals surface area contributed by atoms with Gasteiger partial charge in [0.1, 0.15) is 17.2 Å². The van der Waals surface area contributed by atoms with Crippen LogP contribution in [0.2, 0.25) is 0 Å². The Morgan fingerprint density at radius 1 is 0.474 bits per heavy atom. The number of hydrogen-bond donors (Lipinski definition) is 3. The van der Waals surface area contributed by atoms with E-state index in [1.807, 2.05) is 38.4 Å². The summed E-state index contributed by atoms with van der Waals surface area (Å²) in [5, 5.41) is 38.5. The zero-order valence-electron chi connectivity index (χ0n) is 49.5. The number of alkyl halides is 3. The number of benzene rings is 6. The molecule has 7 nitrogen and oxygen atoms in total. The Balaban J connectivity index is 0.000000166. The zero-order valence-corrected chi connectivity index (χ0v) is 51.7. The number of halogens is 3. The molecule has 3 heterocycles. The molecule has 0 bridgehead atoms. The summed E-state index contributed by atoms with van der Waals surface area (Å²) >= 11 is 20.3. The first-order valence-electron chi connectivity index (χ1n) is 28.1. The number of phenolic OH excluding ortho intramolecular Hbond substituents is 3. The van der Waals surface area contributed by atoms with E-state index < -0.39 is 0 Å². The number of aromatic hydroxyl groups is 3. The van der Waals surface area contributed by atoms with Crippen LogP contribution >= 0.6 is 34.8 Å². The van der Waals surface area contributed by atoms with Crippen molar-refractivity contribution in [3.05, 3.63) is 101 Å². The number of fused-ring (bicyclic) bond motifs is 9. The monoisotopic (exact) mass is 1090 g/mol. The maximum Gasteiger partial charge on any atom is 0.125 e. The highest BCUT2D eigenvalue weighted by Gasteiger charge is 2.42. The fourth-order valence-electron chi connectivity index (χ4n) is 12.0. The average Bonchev–Trinajstić information content (AvgIpc) is 4.06. The van der Waals surface area contributed by atoms with Crippen molar-refractivity contribution in [1.82, 2.24) is 0 Å². The van der Waals surface area contributed by atoms with Crippen molar-refractivity contribution in [2.75, 3.05) is 53.3 Å². The number of nitrogens with zero attached hydrogens (tertiary/aromatic N) is 4. The summed E-state index contributed by atoms with van der Waals surface area (Å²) < 4.78 is 0. The van der Waals surface area contributed by atoms with Crippen molar-refractivity contribution in [2.24, 2.45) is 0 Å². The van der Waals surface area contributed by atoms with Crippen molar-refractivity contribution in [1.29, 1.82) is 0 Å². The minimum Gasteiger partial charge on any atom is -0.507 e. The Bertz CT molecular complexity index is 2930. The summed E-state index contributed by atoms with van der Waals surface area (Å²) in [6.45, 7) is 40.2. The van der Waals surface area contributed by atoms with Crippen molar-refractivity contribution in [3.8, 4) is 17.2 Å². The van der Waals surface area contributed by atoms with Crippen molar-refractivity contribution < 1.29 is 15.3 Å². The maximum absolute atomic E-state index is 10.7. The van der Waals surface area contributed by atoms with E-state index in [1.165, 1.54) is 27.8 Å². The van der Waals surface area contributed by atoms with Crippen molar-refractivity contribution in [2.45, 2.75) is 199 Å². The van der Waals surface area contributed by atoms with Gasteiger partial charge in [0, 0.05) is 141 Å². The highest BCUT2D eigenvalue weighted by Crippen LogP contribution is 2.53. The second-order valence-electron chi connectivity index (χ2n) is 26.5. The van der Waals surface area contributed by atoms with Crippen LogP contribution in [0.25, 0.3) is 32.3 Å². The van der Waals surface area contributed by atoms with Crippen LogP contribution in [0.4, 0.5) is 22.7 Å². The number of rotatable bonds is 8. The lowest BCUT2D eigenvalue weighted by molar-refractivity contribution is 0.477. The Kier molecular flexibility index (Phi) is 17.2. The highest BCUT2D eigenvalue weighted by atomic mass is 35.5. The normalized spacial score (nSPS) is 18.8. The highest BCUT2D eigenvalue weighted by molar-refractivity contribution is 6.22. The molecule has 3 aliphatic heterocycles. The average molecular weight is 1090 g/mol. The summed E-state index contributed by atoms with van der Waals surface area (Å²) in [6, 6.07) is 25.0. The van der Waals surface area contributed by atoms with Gasteiger partial charge in [-0.15, -0.1) is 34.8 Å². The molecule has 9 rings (SSSR count). The molecule has 10 heteroatoms. The van der Waals surface area contributed by atoms with E-state index in [1.54, 1.807) is 0 Å². The molecular formula is C66H91Cl3N4O3. The molecule has 3 N–H and O–H groups in total. The van der Waals surface area contributed by atoms with Gasteiger partial charge in [-0.25, -0.2) is 0 Å². The molecule has 414 valence electrons. The summed E-state index contributed by atoms with van der Waals surface area (Å²) in [4.78, 5) is 9.29. The third-order valence-corrected chi connectivity index (χ3v) is 18.3. The third kappa shape index (κ3) is 11.5.